The molecule has 2 aromatic rings. The number of halogens is 3. The lowest BCUT2D eigenvalue weighted by molar-refractivity contribution is -0.192. The third kappa shape index (κ3) is 13.3. The Morgan fingerprint density at radius 2 is 1.50 bits per heavy atom. The summed E-state index contributed by atoms with van der Waals surface area (Å²) in [5.41, 5.74) is 2.52. The van der Waals surface area contributed by atoms with Crippen molar-refractivity contribution < 1.29 is 37.7 Å². The van der Waals surface area contributed by atoms with Gasteiger partial charge in [0.1, 0.15) is 5.75 Å². The van der Waals surface area contributed by atoms with Crippen molar-refractivity contribution in [3.05, 3.63) is 65.7 Å². The molecule has 0 radical (unpaired) electrons. The van der Waals surface area contributed by atoms with Crippen molar-refractivity contribution in [3.63, 3.8) is 0 Å². The minimum absolute atomic E-state index is 0.144. The number of carboxylic acid groups (broad SMARTS) is 2. The van der Waals surface area contributed by atoms with Gasteiger partial charge in [-0.3, -0.25) is 4.79 Å². The highest BCUT2D eigenvalue weighted by Gasteiger charge is 2.38. The van der Waals surface area contributed by atoms with Gasteiger partial charge in [-0.05, 0) is 48.9 Å². The fraction of sp³-hybridized carbons (Fsp3) is 0.391. The Morgan fingerprint density at radius 3 is 2.06 bits per heavy atom. The summed E-state index contributed by atoms with van der Waals surface area (Å²) >= 11 is 0. The predicted molar refractivity (Wildman–Crippen MR) is 114 cm³/mol. The topological polar surface area (TPSA) is 95.9 Å². The summed E-state index contributed by atoms with van der Waals surface area (Å²) in [5, 5.41) is 18.8. The first-order valence-corrected chi connectivity index (χ1v) is 10.2. The zero-order valence-corrected chi connectivity index (χ0v) is 17.6. The predicted octanol–water partition coefficient (Wildman–Crippen LogP) is 4.68. The lowest BCUT2D eigenvalue weighted by Crippen LogP contribution is -2.21. The molecular weight excluding hydrogens is 427 g/mol. The van der Waals surface area contributed by atoms with Gasteiger partial charge in [0.2, 0.25) is 0 Å². The quantitative estimate of drug-likeness (QED) is 0.403. The van der Waals surface area contributed by atoms with E-state index in [0.717, 1.165) is 30.8 Å². The molecule has 0 aliphatic rings. The minimum atomic E-state index is -5.08. The van der Waals surface area contributed by atoms with Gasteiger partial charge >= 0.3 is 18.1 Å². The lowest BCUT2D eigenvalue weighted by atomic mass is 10.1. The summed E-state index contributed by atoms with van der Waals surface area (Å²) < 4.78 is 37.5. The number of carbonyl (C=O) groups is 2. The molecule has 9 heteroatoms. The highest BCUT2D eigenvalue weighted by atomic mass is 19.4. The number of benzene rings is 2. The van der Waals surface area contributed by atoms with Gasteiger partial charge in [0.15, 0.2) is 0 Å². The van der Waals surface area contributed by atoms with Crippen molar-refractivity contribution >= 4 is 11.9 Å². The number of ether oxygens (including phenoxy) is 1. The number of rotatable bonds is 12. The Labute approximate surface area is 185 Å². The molecule has 0 spiro atoms. The molecule has 0 saturated heterocycles. The van der Waals surface area contributed by atoms with E-state index < -0.39 is 18.1 Å². The van der Waals surface area contributed by atoms with Crippen LogP contribution in [0.5, 0.6) is 5.75 Å². The standard InChI is InChI=1S/C21H27NO3.C2HF3O2/c23-21(24)14-15-22-17-19-10-12-20(13-11-19)25-16-6-2-5-9-18-7-3-1-4-8-18;3-2(4,5)1(6)7/h1,3-4,7-8,10-13,22H,2,5-6,9,14-17H2,(H,23,24);(H,6,7). The van der Waals surface area contributed by atoms with Crippen molar-refractivity contribution in [2.45, 2.75) is 44.8 Å². The molecule has 2 aromatic carbocycles. The van der Waals surface area contributed by atoms with Crippen molar-refractivity contribution in [2.24, 2.45) is 0 Å². The van der Waals surface area contributed by atoms with E-state index in [9.17, 15) is 18.0 Å². The van der Waals surface area contributed by atoms with E-state index >= 15 is 0 Å². The maximum Gasteiger partial charge on any atom is 0.490 e. The number of nitrogens with one attached hydrogen (secondary N) is 1. The van der Waals surface area contributed by atoms with Crippen LogP contribution in [-0.4, -0.2) is 41.5 Å². The van der Waals surface area contributed by atoms with E-state index in [1.54, 1.807) is 0 Å². The third-order valence-corrected chi connectivity index (χ3v) is 4.23. The second kappa shape index (κ2) is 14.9. The van der Waals surface area contributed by atoms with E-state index in [2.05, 4.69) is 35.6 Å². The summed E-state index contributed by atoms with van der Waals surface area (Å²) in [5.74, 6) is -2.65. The molecular formula is C23H28F3NO5. The molecule has 0 aliphatic carbocycles. The van der Waals surface area contributed by atoms with Gasteiger partial charge in [0, 0.05) is 13.1 Å². The monoisotopic (exact) mass is 455 g/mol. The second-order valence-electron chi connectivity index (χ2n) is 6.91. The normalized spacial score (nSPS) is 10.7. The Morgan fingerprint density at radius 1 is 0.875 bits per heavy atom. The summed E-state index contributed by atoms with van der Waals surface area (Å²) in [4.78, 5) is 19.3. The third-order valence-electron chi connectivity index (χ3n) is 4.23. The molecule has 0 saturated carbocycles. The van der Waals surface area contributed by atoms with Crippen LogP contribution < -0.4 is 10.1 Å². The number of alkyl halides is 3. The summed E-state index contributed by atoms with van der Waals surface area (Å²) in [6, 6.07) is 18.5. The van der Waals surface area contributed by atoms with Crippen LogP contribution in [0.25, 0.3) is 0 Å². The van der Waals surface area contributed by atoms with E-state index in [4.69, 9.17) is 19.7 Å². The molecule has 0 amide bonds. The molecule has 0 aromatic heterocycles. The van der Waals surface area contributed by atoms with E-state index in [-0.39, 0.29) is 6.42 Å². The van der Waals surface area contributed by atoms with Crippen LogP contribution in [0.15, 0.2) is 54.6 Å². The van der Waals surface area contributed by atoms with Gasteiger partial charge in [-0.1, -0.05) is 42.5 Å². The Balaban J connectivity index is 0.000000633. The Kier molecular flexibility index (Phi) is 12.5. The molecule has 176 valence electrons. The zero-order chi connectivity index (χ0) is 23.8. The van der Waals surface area contributed by atoms with Crippen LogP contribution in [0, 0.1) is 0 Å². The highest BCUT2D eigenvalue weighted by molar-refractivity contribution is 5.73. The first-order chi connectivity index (χ1) is 15.2. The second-order valence-corrected chi connectivity index (χ2v) is 6.91. The van der Waals surface area contributed by atoms with Crippen molar-refractivity contribution in [1.29, 1.82) is 0 Å². The highest BCUT2D eigenvalue weighted by Crippen LogP contribution is 2.14. The van der Waals surface area contributed by atoms with Gasteiger partial charge in [0.25, 0.3) is 0 Å². The average Bonchev–Trinajstić information content (AvgIpc) is 2.75. The number of unbranched alkanes of at least 4 members (excludes halogenated alkanes) is 2. The van der Waals surface area contributed by atoms with Crippen LogP contribution in [0.1, 0.15) is 36.8 Å². The fourth-order valence-electron chi connectivity index (χ4n) is 2.57. The molecule has 0 aliphatic heterocycles. The fourth-order valence-corrected chi connectivity index (χ4v) is 2.57. The smallest absolute Gasteiger partial charge is 0.490 e. The molecule has 0 heterocycles. The van der Waals surface area contributed by atoms with Gasteiger partial charge in [-0.2, -0.15) is 13.2 Å². The van der Waals surface area contributed by atoms with Crippen molar-refractivity contribution in [1.82, 2.24) is 5.32 Å². The van der Waals surface area contributed by atoms with E-state index in [1.165, 1.54) is 18.4 Å². The van der Waals surface area contributed by atoms with E-state index in [0.29, 0.717) is 13.1 Å². The maximum absolute atomic E-state index is 10.6. The molecule has 0 atom stereocenters. The molecule has 0 unspecified atom stereocenters. The molecule has 2 rings (SSSR count). The van der Waals surface area contributed by atoms with Crippen molar-refractivity contribution in [2.75, 3.05) is 13.2 Å². The largest absolute Gasteiger partial charge is 0.494 e. The number of hydrogen-bond acceptors (Lipinski definition) is 4. The van der Waals surface area contributed by atoms with Gasteiger partial charge in [-0.25, -0.2) is 4.79 Å². The van der Waals surface area contributed by atoms with Gasteiger partial charge in [-0.15, -0.1) is 0 Å². The summed E-state index contributed by atoms with van der Waals surface area (Å²) in [6.07, 6.45) is -0.393. The lowest BCUT2D eigenvalue weighted by Gasteiger charge is -2.08. The molecule has 32 heavy (non-hydrogen) atoms. The summed E-state index contributed by atoms with van der Waals surface area (Å²) in [6.45, 7) is 1.90. The zero-order valence-electron chi connectivity index (χ0n) is 17.6. The average molecular weight is 455 g/mol. The maximum atomic E-state index is 10.6. The van der Waals surface area contributed by atoms with Crippen LogP contribution in [0.3, 0.4) is 0 Å². The number of hydrogen-bond donors (Lipinski definition) is 3. The summed E-state index contributed by atoms with van der Waals surface area (Å²) in [7, 11) is 0. The first-order valence-electron chi connectivity index (χ1n) is 10.2. The van der Waals surface area contributed by atoms with Crippen LogP contribution >= 0.6 is 0 Å². The van der Waals surface area contributed by atoms with Gasteiger partial charge in [0.05, 0.1) is 13.0 Å². The minimum Gasteiger partial charge on any atom is -0.494 e. The Bertz CT molecular complexity index is 796. The molecule has 3 N–H and O–H groups in total. The number of aryl methyl sites for hydroxylation is 1. The molecule has 6 nitrogen and oxygen atoms in total. The van der Waals surface area contributed by atoms with Crippen LogP contribution in [0.4, 0.5) is 13.2 Å². The number of aliphatic carboxylic acids is 2. The van der Waals surface area contributed by atoms with Gasteiger partial charge < -0.3 is 20.3 Å². The number of carboxylic acids is 2. The van der Waals surface area contributed by atoms with Crippen LogP contribution in [0.2, 0.25) is 0 Å². The SMILES string of the molecule is O=C(O)C(F)(F)F.O=C(O)CCNCc1ccc(OCCCCCc2ccccc2)cc1. The first kappa shape index (κ1) is 27.0. The molecule has 0 fully saturated rings. The molecule has 0 bridgehead atoms. The van der Waals surface area contributed by atoms with Crippen molar-refractivity contribution in [3.8, 4) is 5.75 Å². The Hall–Kier alpha value is -3.07. The van der Waals surface area contributed by atoms with E-state index in [1.807, 2.05) is 24.3 Å². The van der Waals surface area contributed by atoms with Crippen LogP contribution in [-0.2, 0) is 22.6 Å².